The Kier molecular flexibility index (Phi) is 6.56. The van der Waals surface area contributed by atoms with Crippen LogP contribution >= 0.6 is 22.7 Å². The fourth-order valence-corrected chi connectivity index (χ4v) is 4.00. The van der Waals surface area contributed by atoms with Gasteiger partial charge in [0, 0.05) is 5.38 Å². The highest BCUT2D eigenvalue weighted by Crippen LogP contribution is 2.27. The molecule has 0 fully saturated rings. The van der Waals surface area contributed by atoms with Gasteiger partial charge < -0.3 is 4.74 Å². The van der Waals surface area contributed by atoms with Crippen LogP contribution in [-0.4, -0.2) is 23.4 Å². The third-order valence-electron chi connectivity index (χ3n) is 3.68. The number of hydrazine groups is 1. The highest BCUT2D eigenvalue weighted by molar-refractivity contribution is 7.20. The van der Waals surface area contributed by atoms with E-state index in [2.05, 4.69) is 15.8 Å². The van der Waals surface area contributed by atoms with Crippen molar-refractivity contribution in [1.82, 2.24) is 15.8 Å². The van der Waals surface area contributed by atoms with E-state index >= 15 is 0 Å². The monoisotopic (exact) mass is 401 g/mol. The van der Waals surface area contributed by atoms with Crippen molar-refractivity contribution in [3.8, 4) is 15.6 Å². The maximum atomic E-state index is 12.0. The molecule has 0 spiro atoms. The first-order valence-corrected chi connectivity index (χ1v) is 10.2. The number of thiazole rings is 1. The van der Waals surface area contributed by atoms with Gasteiger partial charge in [-0.3, -0.25) is 20.4 Å². The molecule has 2 amide bonds. The fraction of sp³-hybridized carbons (Fsp3) is 0.211. The van der Waals surface area contributed by atoms with Gasteiger partial charge in [-0.2, -0.15) is 0 Å². The van der Waals surface area contributed by atoms with Gasteiger partial charge in [-0.25, -0.2) is 4.98 Å². The van der Waals surface area contributed by atoms with Gasteiger partial charge in [-0.1, -0.05) is 31.2 Å². The average Bonchev–Trinajstić information content (AvgIpc) is 3.36. The predicted molar refractivity (Wildman–Crippen MR) is 107 cm³/mol. The second kappa shape index (κ2) is 9.29. The molecule has 0 saturated heterocycles. The minimum atomic E-state index is -0.424. The molecule has 3 aromatic rings. The van der Waals surface area contributed by atoms with Gasteiger partial charge in [-0.05, 0) is 29.5 Å². The first-order chi connectivity index (χ1) is 13.2. The molecule has 6 nitrogen and oxygen atoms in total. The third kappa shape index (κ3) is 5.38. The largest absolute Gasteiger partial charge is 0.483 e. The minimum Gasteiger partial charge on any atom is -0.483 e. The van der Waals surface area contributed by atoms with Crippen molar-refractivity contribution in [2.75, 3.05) is 6.61 Å². The molecule has 0 aliphatic carbocycles. The van der Waals surface area contributed by atoms with Crippen LogP contribution in [0.3, 0.4) is 0 Å². The molecule has 2 aromatic heterocycles. The average molecular weight is 402 g/mol. The highest BCUT2D eigenvalue weighted by atomic mass is 32.1. The summed E-state index contributed by atoms with van der Waals surface area (Å²) in [6.45, 7) is 1.85. The number of benzene rings is 1. The van der Waals surface area contributed by atoms with Crippen LogP contribution in [0.25, 0.3) is 9.88 Å². The molecule has 0 aliphatic rings. The number of nitrogens with zero attached hydrogens (tertiary/aromatic N) is 1. The van der Waals surface area contributed by atoms with Crippen LogP contribution in [0.4, 0.5) is 0 Å². The Labute approximate surface area is 165 Å². The number of hydrogen-bond acceptors (Lipinski definition) is 6. The van der Waals surface area contributed by atoms with Gasteiger partial charge in [0.05, 0.1) is 17.0 Å². The zero-order chi connectivity index (χ0) is 19.1. The number of aromatic nitrogens is 1. The Morgan fingerprint density at radius 1 is 1.07 bits per heavy atom. The zero-order valence-corrected chi connectivity index (χ0v) is 16.4. The smallest absolute Gasteiger partial charge is 0.276 e. The van der Waals surface area contributed by atoms with Gasteiger partial charge in [0.1, 0.15) is 10.8 Å². The molecule has 140 valence electrons. The Morgan fingerprint density at radius 3 is 2.67 bits per heavy atom. The SMILES string of the molecule is CCc1ccccc1OCC(=O)NNC(=O)Cc1csc(-c2cccs2)n1. The standard InChI is InChI=1S/C19H19N3O3S2/c1-2-13-6-3-4-7-15(13)25-11-18(24)22-21-17(23)10-14-12-27-19(20-14)16-8-5-9-26-16/h3-9,12H,2,10-11H2,1H3,(H,21,23)(H,22,24). The number of hydrogen-bond donors (Lipinski definition) is 2. The van der Waals surface area contributed by atoms with Crippen LogP contribution in [0, 0.1) is 0 Å². The summed E-state index contributed by atoms with van der Waals surface area (Å²) in [7, 11) is 0. The second-order valence-corrected chi connectivity index (χ2v) is 7.45. The molecule has 8 heteroatoms. The lowest BCUT2D eigenvalue weighted by molar-refractivity contribution is -0.129. The summed E-state index contributed by atoms with van der Waals surface area (Å²) in [6.07, 6.45) is 0.914. The van der Waals surface area contributed by atoms with Crippen LogP contribution in [0.5, 0.6) is 5.75 Å². The Morgan fingerprint density at radius 2 is 1.89 bits per heavy atom. The summed E-state index contributed by atoms with van der Waals surface area (Å²) >= 11 is 3.10. The molecular weight excluding hydrogens is 382 g/mol. The van der Waals surface area contributed by atoms with Gasteiger partial charge in [0.15, 0.2) is 6.61 Å². The molecule has 1 aromatic carbocycles. The van der Waals surface area contributed by atoms with E-state index in [4.69, 9.17) is 4.74 Å². The van der Waals surface area contributed by atoms with Crippen LogP contribution in [0.15, 0.2) is 47.2 Å². The van der Waals surface area contributed by atoms with Crippen LogP contribution in [-0.2, 0) is 22.4 Å². The summed E-state index contributed by atoms with van der Waals surface area (Å²) < 4.78 is 5.51. The molecule has 0 bridgehead atoms. The van der Waals surface area contributed by atoms with Crippen LogP contribution < -0.4 is 15.6 Å². The molecule has 0 atom stereocenters. The number of thiophene rings is 1. The number of carbonyl (C=O) groups is 2. The molecule has 2 N–H and O–H groups in total. The van der Waals surface area contributed by atoms with Crippen molar-refractivity contribution in [2.45, 2.75) is 19.8 Å². The number of carbonyl (C=O) groups excluding carboxylic acids is 2. The lowest BCUT2D eigenvalue weighted by atomic mass is 10.1. The first-order valence-electron chi connectivity index (χ1n) is 8.42. The van der Waals surface area contributed by atoms with Gasteiger partial charge in [-0.15, -0.1) is 22.7 Å². The Hall–Kier alpha value is -2.71. The molecule has 27 heavy (non-hydrogen) atoms. The van der Waals surface area contributed by atoms with Crippen molar-refractivity contribution < 1.29 is 14.3 Å². The molecule has 0 aliphatic heterocycles. The fourth-order valence-electron chi connectivity index (χ4n) is 2.37. The maximum Gasteiger partial charge on any atom is 0.276 e. The van der Waals surface area contributed by atoms with Crippen molar-refractivity contribution in [2.24, 2.45) is 0 Å². The highest BCUT2D eigenvalue weighted by Gasteiger charge is 2.11. The lowest BCUT2D eigenvalue weighted by Gasteiger charge is -2.10. The summed E-state index contributed by atoms with van der Waals surface area (Å²) in [4.78, 5) is 29.4. The van der Waals surface area contributed by atoms with Crippen LogP contribution in [0.1, 0.15) is 18.2 Å². The first kappa shape index (κ1) is 19.1. The van der Waals surface area contributed by atoms with E-state index in [0.717, 1.165) is 21.9 Å². The zero-order valence-electron chi connectivity index (χ0n) is 14.7. The van der Waals surface area contributed by atoms with Crippen molar-refractivity contribution in [3.63, 3.8) is 0 Å². The van der Waals surface area contributed by atoms with E-state index in [1.54, 1.807) is 11.3 Å². The Bertz CT molecular complexity index is 907. The summed E-state index contributed by atoms with van der Waals surface area (Å²) in [5, 5.41) is 4.72. The van der Waals surface area contributed by atoms with Gasteiger partial charge >= 0.3 is 0 Å². The van der Waals surface area contributed by atoms with E-state index < -0.39 is 5.91 Å². The van der Waals surface area contributed by atoms with Crippen molar-refractivity contribution in [3.05, 3.63) is 58.4 Å². The summed E-state index contributed by atoms with van der Waals surface area (Å²) in [6, 6.07) is 11.5. The number of para-hydroxylation sites is 1. The van der Waals surface area contributed by atoms with E-state index in [1.165, 1.54) is 11.3 Å². The number of aryl methyl sites for hydroxylation is 1. The van der Waals surface area contributed by atoms with E-state index in [0.29, 0.717) is 11.4 Å². The van der Waals surface area contributed by atoms with Gasteiger partial charge in [0.25, 0.3) is 5.91 Å². The van der Waals surface area contributed by atoms with E-state index in [1.807, 2.05) is 54.1 Å². The number of nitrogens with one attached hydrogen (secondary N) is 2. The predicted octanol–water partition coefficient (Wildman–Crippen LogP) is 3.20. The second-order valence-electron chi connectivity index (χ2n) is 5.64. The van der Waals surface area contributed by atoms with Crippen molar-refractivity contribution in [1.29, 1.82) is 0 Å². The Balaban J connectivity index is 1.43. The number of amides is 2. The molecule has 0 unspecified atom stereocenters. The lowest BCUT2D eigenvalue weighted by Crippen LogP contribution is -2.44. The summed E-state index contributed by atoms with van der Waals surface area (Å²) in [5.41, 5.74) is 6.44. The summed E-state index contributed by atoms with van der Waals surface area (Å²) in [5.74, 6) is -0.0859. The molecular formula is C19H19N3O3S2. The molecule has 0 saturated carbocycles. The number of rotatable bonds is 7. The molecule has 2 heterocycles. The normalized spacial score (nSPS) is 10.4. The van der Waals surface area contributed by atoms with Gasteiger partial charge in [0.2, 0.25) is 5.91 Å². The quantitative estimate of drug-likeness (QED) is 0.596. The van der Waals surface area contributed by atoms with Crippen LogP contribution in [0.2, 0.25) is 0 Å². The third-order valence-corrected chi connectivity index (χ3v) is 5.61. The van der Waals surface area contributed by atoms with Crippen molar-refractivity contribution >= 4 is 34.5 Å². The molecule has 0 radical (unpaired) electrons. The van der Waals surface area contributed by atoms with E-state index in [-0.39, 0.29) is 18.9 Å². The number of ether oxygens (including phenoxy) is 1. The maximum absolute atomic E-state index is 12.0. The molecule has 3 rings (SSSR count). The topological polar surface area (TPSA) is 80.3 Å². The van der Waals surface area contributed by atoms with E-state index in [9.17, 15) is 9.59 Å². The minimum absolute atomic E-state index is 0.0989.